The smallest absolute Gasteiger partial charge is 0.121 e. The molecule has 0 saturated carbocycles. The number of hydrogen-bond acceptors (Lipinski definition) is 4. The van der Waals surface area contributed by atoms with Crippen LogP contribution in [0.3, 0.4) is 0 Å². The number of aliphatic hydroxyl groups is 1. The van der Waals surface area contributed by atoms with Crippen LogP contribution in [-0.2, 0) is 23.2 Å². The summed E-state index contributed by atoms with van der Waals surface area (Å²) in [6.07, 6.45) is 10.4. The van der Waals surface area contributed by atoms with Gasteiger partial charge in [-0.1, -0.05) is 42.3 Å². The van der Waals surface area contributed by atoms with Gasteiger partial charge in [0.25, 0.3) is 0 Å². The summed E-state index contributed by atoms with van der Waals surface area (Å²) in [6, 6.07) is 14.2. The Balaban J connectivity index is 1.74. The van der Waals surface area contributed by atoms with Crippen molar-refractivity contribution in [2.24, 2.45) is 5.92 Å². The summed E-state index contributed by atoms with van der Waals surface area (Å²) >= 11 is 0. The maximum Gasteiger partial charge on any atom is 0.121 e. The zero-order chi connectivity index (χ0) is 20.3. The molecular formula is C25H30N2O2. The minimum atomic E-state index is -1.03. The van der Waals surface area contributed by atoms with E-state index in [1.807, 2.05) is 18.2 Å². The van der Waals surface area contributed by atoms with E-state index in [1.54, 1.807) is 7.11 Å². The molecule has 0 spiro atoms. The van der Waals surface area contributed by atoms with Gasteiger partial charge in [-0.05, 0) is 56.3 Å². The lowest BCUT2D eigenvalue weighted by Gasteiger charge is -2.54. The Morgan fingerprint density at radius 2 is 1.97 bits per heavy atom. The van der Waals surface area contributed by atoms with Crippen molar-refractivity contribution in [2.45, 2.75) is 43.7 Å². The number of nitrogens with zero attached hydrogens (tertiary/aromatic N) is 2. The summed E-state index contributed by atoms with van der Waals surface area (Å²) in [5.74, 6) is 3.09. The summed E-state index contributed by atoms with van der Waals surface area (Å²) in [6.45, 7) is 2.66. The number of methoxy groups -OCH3 is 1. The largest absolute Gasteiger partial charge is 0.385 e. The lowest BCUT2D eigenvalue weighted by Crippen LogP contribution is -2.63. The number of fused-ring (bicyclic) bond motifs is 3. The summed E-state index contributed by atoms with van der Waals surface area (Å²) in [4.78, 5) is 7.27. The van der Waals surface area contributed by atoms with E-state index in [4.69, 9.17) is 16.1 Å². The summed E-state index contributed by atoms with van der Waals surface area (Å²) in [5.41, 5.74) is 3.06. The molecule has 2 unspecified atom stereocenters. The lowest BCUT2D eigenvalue weighted by molar-refractivity contribution is -0.143. The average molecular weight is 391 g/mol. The standard InChI is InChI=1S/C25H30N2O2/c1-3-24-25(28,20-13-15-27(24)16-14-20)22-12-11-21(10-7-17-29-2)26-23(22)18-19-8-5-4-6-9-19/h1,4-6,8-9,11-12,20,24,28H,7,10,13-18H2,2H3. The number of terminal acetylenes is 1. The maximum atomic E-state index is 12.0. The molecule has 4 nitrogen and oxygen atoms in total. The van der Waals surface area contributed by atoms with Crippen molar-refractivity contribution in [1.82, 2.24) is 9.88 Å². The van der Waals surface area contributed by atoms with Crippen LogP contribution in [0.5, 0.6) is 0 Å². The van der Waals surface area contributed by atoms with Gasteiger partial charge >= 0.3 is 0 Å². The van der Waals surface area contributed by atoms with E-state index in [0.717, 1.165) is 62.3 Å². The third kappa shape index (κ3) is 3.83. The highest BCUT2D eigenvalue weighted by atomic mass is 16.5. The van der Waals surface area contributed by atoms with Gasteiger partial charge in [-0.2, -0.15) is 0 Å². The van der Waals surface area contributed by atoms with Crippen LogP contribution in [0, 0.1) is 18.3 Å². The number of rotatable bonds is 7. The molecule has 5 rings (SSSR count). The van der Waals surface area contributed by atoms with Crippen LogP contribution in [0.2, 0.25) is 0 Å². The predicted molar refractivity (Wildman–Crippen MR) is 114 cm³/mol. The van der Waals surface area contributed by atoms with Gasteiger partial charge in [-0.15, -0.1) is 6.42 Å². The molecule has 3 aliphatic heterocycles. The number of piperidine rings is 3. The van der Waals surface area contributed by atoms with Gasteiger partial charge in [-0.25, -0.2) is 0 Å². The van der Waals surface area contributed by atoms with Crippen LogP contribution in [0.1, 0.15) is 41.8 Å². The van der Waals surface area contributed by atoms with Crippen LogP contribution >= 0.6 is 0 Å². The molecule has 0 aliphatic carbocycles. The molecule has 0 radical (unpaired) electrons. The number of pyridine rings is 1. The SMILES string of the molecule is C#CC1N2CCC(CC2)C1(O)c1ccc(CCCOC)nc1Cc1ccccc1. The lowest BCUT2D eigenvalue weighted by atomic mass is 9.66. The Labute approximate surface area is 173 Å². The maximum absolute atomic E-state index is 12.0. The first-order chi connectivity index (χ1) is 14.2. The van der Waals surface area contributed by atoms with Crippen LogP contribution < -0.4 is 0 Å². The summed E-state index contributed by atoms with van der Waals surface area (Å²) in [7, 11) is 1.72. The predicted octanol–water partition coefficient (Wildman–Crippen LogP) is 3.17. The Kier molecular flexibility index (Phi) is 6.01. The minimum absolute atomic E-state index is 0.184. The molecule has 1 aromatic carbocycles. The molecule has 1 aromatic heterocycles. The topological polar surface area (TPSA) is 45.6 Å². The second-order valence-electron chi connectivity index (χ2n) is 8.26. The number of aromatic nitrogens is 1. The zero-order valence-electron chi connectivity index (χ0n) is 17.2. The van der Waals surface area contributed by atoms with Crippen LogP contribution in [0.15, 0.2) is 42.5 Å². The van der Waals surface area contributed by atoms with E-state index in [0.29, 0.717) is 6.42 Å². The van der Waals surface area contributed by atoms with E-state index in [9.17, 15) is 5.11 Å². The number of benzene rings is 1. The first kappa shape index (κ1) is 20.1. The van der Waals surface area contributed by atoms with Crippen molar-refractivity contribution < 1.29 is 9.84 Å². The molecule has 4 heteroatoms. The highest BCUT2D eigenvalue weighted by molar-refractivity contribution is 5.39. The van der Waals surface area contributed by atoms with Gasteiger partial charge in [0, 0.05) is 31.4 Å². The van der Waals surface area contributed by atoms with Crippen LogP contribution in [-0.4, -0.2) is 47.8 Å². The molecule has 2 aromatic rings. The molecule has 3 saturated heterocycles. The first-order valence-corrected chi connectivity index (χ1v) is 10.6. The number of hydrogen-bond donors (Lipinski definition) is 1. The Hall–Kier alpha value is -2.19. The van der Waals surface area contributed by atoms with Crippen molar-refractivity contribution in [2.75, 3.05) is 26.8 Å². The Bertz CT molecular complexity index is 868. The molecule has 2 atom stereocenters. The fourth-order valence-electron chi connectivity index (χ4n) is 5.07. The Morgan fingerprint density at radius 1 is 1.21 bits per heavy atom. The molecule has 29 heavy (non-hydrogen) atoms. The summed E-state index contributed by atoms with van der Waals surface area (Å²) < 4.78 is 5.19. The van der Waals surface area contributed by atoms with Crippen molar-refractivity contribution >= 4 is 0 Å². The minimum Gasteiger partial charge on any atom is -0.385 e. The van der Waals surface area contributed by atoms with E-state index in [2.05, 4.69) is 35.1 Å². The van der Waals surface area contributed by atoms with E-state index in [-0.39, 0.29) is 12.0 Å². The third-order valence-electron chi connectivity index (χ3n) is 6.55. The second-order valence-corrected chi connectivity index (χ2v) is 8.26. The molecule has 4 heterocycles. The Morgan fingerprint density at radius 3 is 2.66 bits per heavy atom. The fourth-order valence-corrected chi connectivity index (χ4v) is 5.07. The highest BCUT2D eigenvalue weighted by Gasteiger charge is 2.54. The first-order valence-electron chi connectivity index (χ1n) is 10.6. The van der Waals surface area contributed by atoms with Crippen molar-refractivity contribution in [1.29, 1.82) is 0 Å². The molecule has 152 valence electrons. The van der Waals surface area contributed by atoms with Crippen molar-refractivity contribution in [3.05, 3.63) is 65.0 Å². The van der Waals surface area contributed by atoms with E-state index in [1.165, 1.54) is 5.56 Å². The fraction of sp³-hybridized carbons (Fsp3) is 0.480. The molecule has 0 amide bonds. The zero-order valence-corrected chi connectivity index (χ0v) is 17.2. The van der Waals surface area contributed by atoms with Crippen LogP contribution in [0.25, 0.3) is 0 Å². The second kappa shape index (κ2) is 8.67. The van der Waals surface area contributed by atoms with Gasteiger partial charge in [0.1, 0.15) is 11.6 Å². The average Bonchev–Trinajstić information content (AvgIpc) is 2.75. The molecular weight excluding hydrogens is 360 g/mol. The van der Waals surface area contributed by atoms with Crippen LogP contribution in [0.4, 0.5) is 0 Å². The molecule has 2 bridgehead atoms. The quantitative estimate of drug-likeness (QED) is 0.583. The molecule has 1 N–H and O–H groups in total. The third-order valence-corrected chi connectivity index (χ3v) is 6.55. The van der Waals surface area contributed by atoms with E-state index >= 15 is 0 Å². The molecule has 3 aliphatic rings. The van der Waals surface area contributed by atoms with Crippen molar-refractivity contribution in [3.8, 4) is 12.3 Å². The highest BCUT2D eigenvalue weighted by Crippen LogP contribution is 2.47. The van der Waals surface area contributed by atoms with Gasteiger partial charge in [0.05, 0.1) is 5.69 Å². The normalized spacial score (nSPS) is 28.2. The van der Waals surface area contributed by atoms with Crippen molar-refractivity contribution in [3.63, 3.8) is 0 Å². The number of aryl methyl sites for hydroxylation is 1. The monoisotopic (exact) mass is 390 g/mol. The molecule has 3 fully saturated rings. The summed E-state index contributed by atoms with van der Waals surface area (Å²) in [5, 5.41) is 12.0. The van der Waals surface area contributed by atoms with Gasteiger partial charge in [0.15, 0.2) is 0 Å². The number of ether oxygens (including phenoxy) is 1. The van der Waals surface area contributed by atoms with Gasteiger partial charge in [0.2, 0.25) is 0 Å². The van der Waals surface area contributed by atoms with Gasteiger partial charge in [-0.3, -0.25) is 9.88 Å². The van der Waals surface area contributed by atoms with Gasteiger partial charge < -0.3 is 9.84 Å². The van der Waals surface area contributed by atoms with E-state index < -0.39 is 5.60 Å².